The molecule has 4 aromatic rings. The molecule has 150 valence electrons. The fourth-order valence-electron chi connectivity index (χ4n) is 3.24. The number of ketones is 1. The van der Waals surface area contributed by atoms with Gasteiger partial charge in [0.05, 0.1) is 11.1 Å². The van der Waals surface area contributed by atoms with E-state index in [1.807, 2.05) is 0 Å². The largest absolute Gasteiger partial charge is 0.506 e. The molecule has 8 heteroatoms. The molecule has 0 atom stereocenters. The molecule has 0 bridgehead atoms. The summed E-state index contributed by atoms with van der Waals surface area (Å²) < 4.78 is 41.8. The number of Topliss-reactive ketones (excluding diaryl/α,β-unsaturated/α-hetero) is 1. The Balaban J connectivity index is 1.93. The Morgan fingerprint density at radius 3 is 2.43 bits per heavy atom. The molecular weight excluding hydrogens is 397 g/mol. The highest BCUT2D eigenvalue weighted by Gasteiger charge is 2.25. The van der Waals surface area contributed by atoms with Gasteiger partial charge in [-0.1, -0.05) is 24.3 Å². The van der Waals surface area contributed by atoms with Gasteiger partial charge in [0.15, 0.2) is 28.9 Å². The van der Waals surface area contributed by atoms with Crippen LogP contribution in [0.25, 0.3) is 16.7 Å². The third-order valence-corrected chi connectivity index (χ3v) is 4.67. The van der Waals surface area contributed by atoms with Gasteiger partial charge in [-0.15, -0.1) is 0 Å². The maximum Gasteiger partial charge on any atom is 0.271 e. The minimum absolute atomic E-state index is 0.127. The van der Waals surface area contributed by atoms with Crippen molar-refractivity contribution in [3.05, 3.63) is 99.7 Å². The van der Waals surface area contributed by atoms with Crippen molar-refractivity contribution in [2.24, 2.45) is 0 Å². The highest BCUT2D eigenvalue weighted by Crippen LogP contribution is 2.28. The Bertz CT molecular complexity index is 1350. The number of pyridine rings is 2. The van der Waals surface area contributed by atoms with E-state index < -0.39 is 52.1 Å². The Morgan fingerprint density at radius 1 is 0.967 bits per heavy atom. The molecule has 0 aliphatic heterocycles. The van der Waals surface area contributed by atoms with E-state index in [9.17, 15) is 27.9 Å². The summed E-state index contributed by atoms with van der Waals surface area (Å²) in [5, 5.41) is 10.8. The first kappa shape index (κ1) is 19.4. The van der Waals surface area contributed by atoms with Crippen LogP contribution in [0.2, 0.25) is 0 Å². The second-order valence-corrected chi connectivity index (χ2v) is 6.51. The first-order chi connectivity index (χ1) is 14.4. The van der Waals surface area contributed by atoms with Crippen molar-refractivity contribution in [3.63, 3.8) is 0 Å². The lowest BCUT2D eigenvalue weighted by molar-refractivity contribution is 0.0987. The van der Waals surface area contributed by atoms with Crippen LogP contribution in [0.1, 0.15) is 15.9 Å². The minimum atomic E-state index is -1.71. The molecule has 0 radical (unpaired) electrons. The zero-order valence-electron chi connectivity index (χ0n) is 15.3. The van der Waals surface area contributed by atoms with E-state index >= 15 is 0 Å². The topological polar surface area (TPSA) is 72.2 Å². The fourth-order valence-corrected chi connectivity index (χ4v) is 3.24. The van der Waals surface area contributed by atoms with Crippen molar-refractivity contribution in [1.29, 1.82) is 0 Å². The van der Waals surface area contributed by atoms with E-state index in [1.165, 1.54) is 18.3 Å². The number of hydrogen-bond donors (Lipinski definition) is 1. The number of carbonyl (C=O) groups excluding carboxylic acids is 1. The number of carbonyl (C=O) groups is 1. The molecule has 30 heavy (non-hydrogen) atoms. The number of para-hydroxylation sites is 1. The van der Waals surface area contributed by atoms with Crippen LogP contribution in [-0.2, 0) is 6.42 Å². The molecule has 0 aliphatic rings. The molecule has 1 N–H and O–H groups in total. The summed E-state index contributed by atoms with van der Waals surface area (Å²) in [5.41, 5.74) is -1.36. The summed E-state index contributed by atoms with van der Waals surface area (Å²) in [4.78, 5) is 30.2. The van der Waals surface area contributed by atoms with E-state index in [-0.39, 0.29) is 11.0 Å². The number of aromatic hydroxyl groups is 1. The smallest absolute Gasteiger partial charge is 0.271 e. The zero-order valence-corrected chi connectivity index (χ0v) is 15.3. The Hall–Kier alpha value is -3.94. The predicted molar refractivity (Wildman–Crippen MR) is 103 cm³/mol. The molecule has 2 aromatic heterocycles. The lowest BCUT2D eigenvalue weighted by atomic mass is 10.0. The molecular formula is C22H13F3N2O3. The lowest BCUT2D eigenvalue weighted by Crippen LogP contribution is -2.27. The van der Waals surface area contributed by atoms with E-state index in [0.717, 1.165) is 10.6 Å². The molecule has 0 amide bonds. The quantitative estimate of drug-likeness (QED) is 0.409. The Kier molecular flexibility index (Phi) is 4.83. The van der Waals surface area contributed by atoms with Crippen LogP contribution >= 0.6 is 0 Å². The van der Waals surface area contributed by atoms with E-state index in [1.54, 1.807) is 30.3 Å². The standard InChI is InChI=1S/C22H13F3N2O3/c23-15-9-8-12(18(24)19(15)25)11-16(28)17-20(29)14-7-4-10-26-21(14)27(22(17)30)13-5-2-1-3-6-13/h1-10,29H,11H2. The molecule has 0 saturated carbocycles. The van der Waals surface area contributed by atoms with E-state index in [0.29, 0.717) is 11.8 Å². The molecule has 0 fully saturated rings. The zero-order chi connectivity index (χ0) is 21.4. The van der Waals surface area contributed by atoms with Gasteiger partial charge in [-0.25, -0.2) is 18.2 Å². The van der Waals surface area contributed by atoms with Crippen molar-refractivity contribution in [3.8, 4) is 11.4 Å². The van der Waals surface area contributed by atoms with Crippen LogP contribution < -0.4 is 5.56 Å². The average Bonchev–Trinajstić information content (AvgIpc) is 2.75. The first-order valence-corrected chi connectivity index (χ1v) is 8.84. The maximum absolute atomic E-state index is 14.0. The van der Waals surface area contributed by atoms with E-state index in [4.69, 9.17) is 0 Å². The fraction of sp³-hybridized carbons (Fsp3) is 0.0455. The summed E-state index contributed by atoms with van der Waals surface area (Å²) in [5.74, 6) is -6.18. The third kappa shape index (κ3) is 3.12. The number of rotatable bonds is 4. The third-order valence-electron chi connectivity index (χ3n) is 4.67. The second kappa shape index (κ2) is 7.47. The van der Waals surface area contributed by atoms with Gasteiger partial charge in [0.2, 0.25) is 0 Å². The number of benzene rings is 2. The van der Waals surface area contributed by atoms with Crippen LogP contribution in [0.3, 0.4) is 0 Å². The minimum Gasteiger partial charge on any atom is -0.506 e. The van der Waals surface area contributed by atoms with Crippen LogP contribution in [-0.4, -0.2) is 20.4 Å². The first-order valence-electron chi connectivity index (χ1n) is 8.84. The summed E-state index contributed by atoms with van der Waals surface area (Å²) in [6.07, 6.45) is 0.686. The van der Waals surface area contributed by atoms with Gasteiger partial charge in [0.25, 0.3) is 5.56 Å². The maximum atomic E-state index is 14.0. The van der Waals surface area contributed by atoms with Crippen molar-refractivity contribution in [1.82, 2.24) is 9.55 Å². The normalized spacial score (nSPS) is 11.0. The van der Waals surface area contributed by atoms with Crippen LogP contribution in [0.5, 0.6) is 5.75 Å². The summed E-state index contributed by atoms with van der Waals surface area (Å²) in [7, 11) is 0. The number of halogens is 3. The predicted octanol–water partition coefficient (Wildman–Crippen LogP) is 3.93. The SMILES string of the molecule is O=C(Cc1ccc(F)c(F)c1F)c1c(O)c2cccnc2n(-c2ccccc2)c1=O. The van der Waals surface area contributed by atoms with Gasteiger partial charge < -0.3 is 5.11 Å². The average molecular weight is 410 g/mol. The van der Waals surface area contributed by atoms with Crippen molar-refractivity contribution in [2.45, 2.75) is 6.42 Å². The monoisotopic (exact) mass is 410 g/mol. The molecule has 5 nitrogen and oxygen atoms in total. The van der Waals surface area contributed by atoms with E-state index in [2.05, 4.69) is 4.98 Å². The highest BCUT2D eigenvalue weighted by molar-refractivity contribution is 6.04. The summed E-state index contributed by atoms with van der Waals surface area (Å²) >= 11 is 0. The van der Waals surface area contributed by atoms with Gasteiger partial charge in [0.1, 0.15) is 11.3 Å². The number of fused-ring (bicyclic) bond motifs is 1. The van der Waals surface area contributed by atoms with Crippen molar-refractivity contribution < 1.29 is 23.1 Å². The number of aromatic nitrogens is 2. The van der Waals surface area contributed by atoms with Crippen molar-refractivity contribution in [2.75, 3.05) is 0 Å². The van der Waals surface area contributed by atoms with Gasteiger partial charge in [0, 0.05) is 12.6 Å². The van der Waals surface area contributed by atoms with Crippen LogP contribution in [0.4, 0.5) is 13.2 Å². The Morgan fingerprint density at radius 2 is 1.70 bits per heavy atom. The number of nitrogens with zero attached hydrogens (tertiary/aromatic N) is 2. The second-order valence-electron chi connectivity index (χ2n) is 6.51. The summed E-state index contributed by atoms with van der Waals surface area (Å²) in [6.45, 7) is 0. The molecule has 4 rings (SSSR count). The number of hydrogen-bond acceptors (Lipinski definition) is 4. The molecule has 2 aromatic carbocycles. The molecule has 0 spiro atoms. The van der Waals surface area contributed by atoms with Gasteiger partial charge >= 0.3 is 0 Å². The highest BCUT2D eigenvalue weighted by atomic mass is 19.2. The summed E-state index contributed by atoms with van der Waals surface area (Å²) in [6, 6.07) is 12.9. The van der Waals surface area contributed by atoms with Crippen LogP contribution in [0, 0.1) is 17.5 Å². The van der Waals surface area contributed by atoms with Gasteiger partial charge in [-0.3, -0.25) is 14.2 Å². The van der Waals surface area contributed by atoms with Crippen molar-refractivity contribution >= 4 is 16.8 Å². The molecule has 0 aliphatic carbocycles. The molecule has 0 unspecified atom stereocenters. The lowest BCUT2D eigenvalue weighted by Gasteiger charge is -2.14. The molecule has 2 heterocycles. The molecule has 0 saturated heterocycles. The van der Waals surface area contributed by atoms with Gasteiger partial charge in [-0.05, 0) is 35.9 Å². The van der Waals surface area contributed by atoms with Crippen LogP contribution in [0.15, 0.2) is 65.6 Å². The Labute approximate surface area is 167 Å². The van der Waals surface area contributed by atoms with Gasteiger partial charge in [-0.2, -0.15) is 0 Å².